The lowest BCUT2D eigenvalue weighted by atomic mass is 9.93. The van der Waals surface area contributed by atoms with Crippen LogP contribution in [-0.2, 0) is 9.53 Å². The minimum absolute atomic E-state index is 0.0500. The highest BCUT2D eigenvalue weighted by atomic mass is 19.1. The molecule has 0 saturated carbocycles. The van der Waals surface area contributed by atoms with Crippen molar-refractivity contribution in [1.82, 2.24) is 20.0 Å². The monoisotopic (exact) mass is 524 g/mol. The molecule has 1 saturated heterocycles. The van der Waals surface area contributed by atoms with Gasteiger partial charge in [-0.2, -0.15) is 0 Å². The van der Waals surface area contributed by atoms with Gasteiger partial charge >= 0.3 is 12.0 Å². The Balaban J connectivity index is 1.62. The summed E-state index contributed by atoms with van der Waals surface area (Å²) in [4.78, 5) is 44.6. The molecule has 0 aliphatic carbocycles. The SMILES string of the molecule is CCOC(=O)C1=C(CN2CCN(C(=O)c3ccccc3F)CC2)N(CC)C(=O)NC1c1ccccc1OC. The molecule has 9 nitrogen and oxygen atoms in total. The number of halogens is 1. The zero-order valence-electron chi connectivity index (χ0n) is 21.9. The van der Waals surface area contributed by atoms with E-state index in [-0.39, 0.29) is 24.1 Å². The van der Waals surface area contributed by atoms with Crippen LogP contribution in [0.1, 0.15) is 35.8 Å². The van der Waals surface area contributed by atoms with Crippen molar-refractivity contribution < 1.29 is 28.2 Å². The van der Waals surface area contributed by atoms with Crippen molar-refractivity contribution >= 4 is 17.9 Å². The average Bonchev–Trinajstić information content (AvgIpc) is 2.93. The quantitative estimate of drug-likeness (QED) is 0.534. The lowest BCUT2D eigenvalue weighted by Crippen LogP contribution is -2.53. The summed E-state index contributed by atoms with van der Waals surface area (Å²) in [5, 5.41) is 2.95. The molecule has 2 aliphatic heterocycles. The number of benzene rings is 2. The van der Waals surface area contributed by atoms with E-state index in [4.69, 9.17) is 9.47 Å². The number of amides is 3. The first kappa shape index (κ1) is 27.1. The van der Waals surface area contributed by atoms with E-state index in [1.54, 1.807) is 42.0 Å². The van der Waals surface area contributed by atoms with E-state index in [0.717, 1.165) is 0 Å². The molecule has 0 spiro atoms. The molecule has 0 aromatic heterocycles. The summed E-state index contributed by atoms with van der Waals surface area (Å²) in [6.07, 6.45) is 0. The normalized spacial score (nSPS) is 18.3. The maximum atomic E-state index is 14.2. The summed E-state index contributed by atoms with van der Waals surface area (Å²) < 4.78 is 25.1. The van der Waals surface area contributed by atoms with Gasteiger partial charge < -0.3 is 19.7 Å². The minimum Gasteiger partial charge on any atom is -0.496 e. The molecule has 1 N–H and O–H groups in total. The maximum absolute atomic E-state index is 14.2. The van der Waals surface area contributed by atoms with Crippen LogP contribution in [0.5, 0.6) is 5.75 Å². The Bertz CT molecular complexity index is 1230. The average molecular weight is 525 g/mol. The summed E-state index contributed by atoms with van der Waals surface area (Å²) in [5.74, 6) is -0.856. The van der Waals surface area contributed by atoms with Crippen molar-refractivity contribution in [3.05, 3.63) is 76.7 Å². The van der Waals surface area contributed by atoms with Crippen LogP contribution in [0.3, 0.4) is 0 Å². The first-order valence-corrected chi connectivity index (χ1v) is 12.8. The fraction of sp³-hybridized carbons (Fsp3) is 0.393. The third-order valence-electron chi connectivity index (χ3n) is 6.84. The van der Waals surface area contributed by atoms with Crippen LogP contribution >= 0.6 is 0 Å². The number of hydrogen-bond donors (Lipinski definition) is 1. The van der Waals surface area contributed by atoms with Gasteiger partial charge in [-0.15, -0.1) is 0 Å². The highest BCUT2D eigenvalue weighted by Gasteiger charge is 2.39. The predicted molar refractivity (Wildman–Crippen MR) is 139 cm³/mol. The van der Waals surface area contributed by atoms with Crippen molar-refractivity contribution in [3.63, 3.8) is 0 Å². The highest BCUT2D eigenvalue weighted by Crippen LogP contribution is 2.36. The number of piperazine rings is 1. The van der Waals surface area contributed by atoms with Crippen LogP contribution in [0.15, 0.2) is 59.8 Å². The molecular formula is C28H33FN4O5. The topological polar surface area (TPSA) is 91.4 Å². The molecule has 0 bridgehead atoms. The summed E-state index contributed by atoms with van der Waals surface area (Å²) >= 11 is 0. The van der Waals surface area contributed by atoms with Gasteiger partial charge in [-0.1, -0.05) is 30.3 Å². The first-order valence-electron chi connectivity index (χ1n) is 12.8. The lowest BCUT2D eigenvalue weighted by molar-refractivity contribution is -0.139. The molecular weight excluding hydrogens is 491 g/mol. The summed E-state index contributed by atoms with van der Waals surface area (Å²) in [6.45, 7) is 6.21. The number of carbonyl (C=O) groups excluding carboxylic acids is 3. The van der Waals surface area contributed by atoms with Gasteiger partial charge in [0.25, 0.3) is 5.91 Å². The van der Waals surface area contributed by atoms with Crippen molar-refractivity contribution in [3.8, 4) is 5.75 Å². The third kappa shape index (κ3) is 5.50. The molecule has 2 heterocycles. The summed E-state index contributed by atoms with van der Waals surface area (Å²) in [7, 11) is 1.54. The van der Waals surface area contributed by atoms with E-state index in [0.29, 0.717) is 61.9 Å². The number of nitrogens with zero attached hydrogens (tertiary/aromatic N) is 3. The van der Waals surface area contributed by atoms with E-state index in [1.807, 2.05) is 25.1 Å². The Morgan fingerprint density at radius 3 is 2.37 bits per heavy atom. The summed E-state index contributed by atoms with van der Waals surface area (Å²) in [5.41, 5.74) is 1.61. The van der Waals surface area contributed by atoms with Crippen molar-refractivity contribution in [2.75, 3.05) is 53.0 Å². The largest absolute Gasteiger partial charge is 0.496 e. The van der Waals surface area contributed by atoms with Crippen LogP contribution in [0.2, 0.25) is 0 Å². The number of carbonyl (C=O) groups is 3. The Labute approximate surface area is 221 Å². The van der Waals surface area contributed by atoms with E-state index < -0.39 is 17.8 Å². The predicted octanol–water partition coefficient (Wildman–Crippen LogP) is 3.20. The smallest absolute Gasteiger partial charge is 0.338 e. The van der Waals surface area contributed by atoms with Crippen LogP contribution in [0, 0.1) is 5.82 Å². The van der Waals surface area contributed by atoms with E-state index in [9.17, 15) is 18.8 Å². The number of hydrogen-bond acceptors (Lipinski definition) is 6. The van der Waals surface area contributed by atoms with Gasteiger partial charge in [-0.25, -0.2) is 14.0 Å². The Kier molecular flexibility index (Phi) is 8.62. The fourth-order valence-electron chi connectivity index (χ4n) is 4.92. The Hall–Kier alpha value is -3.92. The molecule has 2 aromatic rings. The number of nitrogens with one attached hydrogen (secondary N) is 1. The molecule has 1 atom stereocenters. The van der Waals surface area contributed by atoms with E-state index >= 15 is 0 Å². The van der Waals surface area contributed by atoms with Gasteiger partial charge in [0.05, 0.1) is 30.9 Å². The molecule has 10 heteroatoms. The Morgan fingerprint density at radius 1 is 1.03 bits per heavy atom. The van der Waals surface area contributed by atoms with Crippen LogP contribution < -0.4 is 10.1 Å². The second-order valence-corrected chi connectivity index (χ2v) is 9.00. The molecule has 2 aromatic carbocycles. The number of urea groups is 1. The van der Waals surface area contributed by atoms with Crippen LogP contribution in [0.25, 0.3) is 0 Å². The maximum Gasteiger partial charge on any atom is 0.338 e. The van der Waals surface area contributed by atoms with Crippen molar-refractivity contribution in [2.45, 2.75) is 19.9 Å². The van der Waals surface area contributed by atoms with Gasteiger partial charge in [0, 0.05) is 50.5 Å². The number of para-hydroxylation sites is 1. The number of ether oxygens (including phenoxy) is 2. The minimum atomic E-state index is -0.751. The molecule has 4 rings (SSSR count). The molecule has 0 radical (unpaired) electrons. The molecule has 2 aliphatic rings. The summed E-state index contributed by atoms with van der Waals surface area (Å²) in [6, 6.07) is 12.1. The zero-order chi connectivity index (χ0) is 27.2. The van der Waals surface area contributed by atoms with Gasteiger partial charge in [0.2, 0.25) is 0 Å². The van der Waals surface area contributed by atoms with E-state index in [2.05, 4.69) is 10.2 Å². The van der Waals surface area contributed by atoms with Crippen molar-refractivity contribution in [1.29, 1.82) is 0 Å². The number of likely N-dealkylation sites (N-methyl/N-ethyl adjacent to an activating group) is 1. The van der Waals surface area contributed by atoms with Gasteiger partial charge in [-0.05, 0) is 32.0 Å². The van der Waals surface area contributed by atoms with Gasteiger partial charge in [-0.3, -0.25) is 14.6 Å². The van der Waals surface area contributed by atoms with Crippen LogP contribution in [-0.4, -0.2) is 85.6 Å². The number of methoxy groups -OCH3 is 1. The Morgan fingerprint density at radius 2 is 1.71 bits per heavy atom. The van der Waals surface area contributed by atoms with Crippen LogP contribution in [0.4, 0.5) is 9.18 Å². The standard InChI is InChI=1S/C28H33FN4O5/c1-4-33-22(18-31-14-16-32(17-15-31)26(34)19-10-6-8-12-21(19)29)24(27(35)38-5-2)25(30-28(33)36)20-11-7-9-13-23(20)37-3/h6-13,25H,4-5,14-18H2,1-3H3,(H,30,36). The molecule has 38 heavy (non-hydrogen) atoms. The molecule has 1 fully saturated rings. The van der Waals surface area contributed by atoms with E-state index in [1.165, 1.54) is 12.1 Å². The second-order valence-electron chi connectivity index (χ2n) is 9.00. The number of rotatable bonds is 8. The molecule has 3 amide bonds. The molecule has 202 valence electrons. The molecule has 1 unspecified atom stereocenters. The van der Waals surface area contributed by atoms with Crippen molar-refractivity contribution in [2.24, 2.45) is 0 Å². The van der Waals surface area contributed by atoms with Gasteiger partial charge in [0.1, 0.15) is 11.6 Å². The fourth-order valence-corrected chi connectivity index (χ4v) is 4.92. The highest BCUT2D eigenvalue weighted by molar-refractivity contribution is 5.96. The third-order valence-corrected chi connectivity index (χ3v) is 6.84. The zero-order valence-corrected chi connectivity index (χ0v) is 21.9. The lowest BCUT2D eigenvalue weighted by Gasteiger charge is -2.40. The number of esters is 1. The second kappa shape index (κ2) is 12.1. The van der Waals surface area contributed by atoms with Gasteiger partial charge in [0.15, 0.2) is 0 Å². The first-order chi connectivity index (χ1) is 18.4.